The Labute approximate surface area is 348 Å². The van der Waals surface area contributed by atoms with Crippen molar-refractivity contribution >= 4 is 60.9 Å². The summed E-state index contributed by atoms with van der Waals surface area (Å²) in [5.74, 6) is 0. The molecule has 9 aromatic carbocycles. The van der Waals surface area contributed by atoms with Crippen LogP contribution in [0.2, 0.25) is 0 Å². The summed E-state index contributed by atoms with van der Waals surface area (Å²) < 4.78 is 13.2. The van der Waals surface area contributed by atoms with Gasteiger partial charge in [0.25, 0.3) is 0 Å². The highest BCUT2D eigenvalue weighted by Crippen LogP contribution is 2.51. The first-order valence-corrected chi connectivity index (χ1v) is 20.7. The first-order chi connectivity index (χ1) is 29.5. The minimum absolute atomic E-state index is 0.121. The maximum Gasteiger partial charge on any atom is 0.143 e. The summed E-state index contributed by atoms with van der Waals surface area (Å²) in [4.78, 5) is 2.38. The Balaban J connectivity index is 1.01. The van der Waals surface area contributed by atoms with E-state index in [-0.39, 0.29) is 5.41 Å². The van der Waals surface area contributed by atoms with Gasteiger partial charge in [0.2, 0.25) is 0 Å². The van der Waals surface area contributed by atoms with Gasteiger partial charge in [-0.05, 0) is 105 Å². The topological polar surface area (TPSA) is 29.5 Å². The smallest absolute Gasteiger partial charge is 0.143 e. The lowest BCUT2D eigenvalue weighted by atomic mass is 9.82. The number of nitrogens with zero attached hydrogens (tertiary/aromatic N) is 1. The summed E-state index contributed by atoms with van der Waals surface area (Å²) in [5, 5.41) is 4.41. The highest BCUT2D eigenvalue weighted by atomic mass is 16.3. The number of hydrogen-bond donors (Lipinski definition) is 0. The Hall–Kier alpha value is -7.62. The second kappa shape index (κ2) is 13.2. The van der Waals surface area contributed by atoms with Gasteiger partial charge in [-0.2, -0.15) is 0 Å². The largest absolute Gasteiger partial charge is 0.455 e. The molecule has 0 spiro atoms. The van der Waals surface area contributed by atoms with Gasteiger partial charge in [0.05, 0.1) is 0 Å². The van der Waals surface area contributed by atoms with Crippen LogP contribution in [0.1, 0.15) is 25.0 Å². The van der Waals surface area contributed by atoms with Crippen molar-refractivity contribution in [2.45, 2.75) is 19.3 Å². The van der Waals surface area contributed by atoms with Crippen LogP contribution in [0, 0.1) is 0 Å². The SMILES string of the molecule is CC1(C)c2ccccc2-c2ccc(N(c3ccc(-c4ccccc4)cc3)c3ccc(-c4cc(-c5cccc6c5oc5ccccc56)cc5c4oc4ccccc45)cc3)cc21. The molecule has 0 saturated carbocycles. The van der Waals surface area contributed by atoms with E-state index in [1.54, 1.807) is 0 Å². The highest BCUT2D eigenvalue weighted by molar-refractivity contribution is 6.14. The number of para-hydroxylation sites is 3. The molecule has 0 bridgehead atoms. The molecule has 60 heavy (non-hydrogen) atoms. The van der Waals surface area contributed by atoms with E-state index in [1.165, 1.54) is 33.4 Å². The van der Waals surface area contributed by atoms with Crippen molar-refractivity contribution in [1.82, 2.24) is 0 Å². The van der Waals surface area contributed by atoms with Crippen LogP contribution in [0.25, 0.3) is 88.4 Å². The van der Waals surface area contributed by atoms with Crippen molar-refractivity contribution in [3.63, 3.8) is 0 Å². The van der Waals surface area contributed by atoms with Crippen LogP contribution in [0.4, 0.5) is 17.1 Å². The first kappa shape index (κ1) is 34.4. The normalized spacial score (nSPS) is 13.0. The molecule has 11 aromatic rings. The molecule has 0 fully saturated rings. The van der Waals surface area contributed by atoms with Crippen molar-refractivity contribution < 1.29 is 8.83 Å². The predicted octanol–water partition coefficient (Wildman–Crippen LogP) is 16.3. The molecule has 12 rings (SSSR count). The van der Waals surface area contributed by atoms with Crippen molar-refractivity contribution in [3.05, 3.63) is 211 Å². The minimum atomic E-state index is -0.121. The molecule has 0 aliphatic heterocycles. The minimum Gasteiger partial charge on any atom is -0.455 e. The van der Waals surface area contributed by atoms with E-state index in [1.807, 2.05) is 18.2 Å². The van der Waals surface area contributed by atoms with Crippen LogP contribution in [0.5, 0.6) is 0 Å². The highest BCUT2D eigenvalue weighted by Gasteiger charge is 2.35. The number of hydrogen-bond acceptors (Lipinski definition) is 3. The molecule has 3 nitrogen and oxygen atoms in total. The van der Waals surface area contributed by atoms with Gasteiger partial charge in [0.15, 0.2) is 0 Å². The average molecular weight is 770 g/mol. The zero-order valence-electron chi connectivity index (χ0n) is 33.3. The third-order valence-electron chi connectivity index (χ3n) is 12.7. The fourth-order valence-corrected chi connectivity index (χ4v) is 9.67. The lowest BCUT2D eigenvalue weighted by Crippen LogP contribution is -2.16. The molecular formula is C57H39NO2. The molecule has 1 aliphatic rings. The van der Waals surface area contributed by atoms with Crippen molar-refractivity contribution in [2.75, 3.05) is 4.90 Å². The summed E-state index contributed by atoms with van der Waals surface area (Å²) in [6.45, 7) is 4.69. The Bertz CT molecular complexity index is 3440. The van der Waals surface area contributed by atoms with Crippen LogP contribution < -0.4 is 4.90 Å². The maximum absolute atomic E-state index is 6.68. The van der Waals surface area contributed by atoms with Crippen LogP contribution >= 0.6 is 0 Å². The molecule has 2 aromatic heterocycles. The van der Waals surface area contributed by atoms with Crippen molar-refractivity contribution in [3.8, 4) is 44.5 Å². The molecule has 0 radical (unpaired) electrons. The lowest BCUT2D eigenvalue weighted by Gasteiger charge is -2.28. The predicted molar refractivity (Wildman–Crippen MR) is 250 cm³/mol. The van der Waals surface area contributed by atoms with E-state index < -0.39 is 0 Å². The van der Waals surface area contributed by atoms with Gasteiger partial charge < -0.3 is 13.7 Å². The van der Waals surface area contributed by atoms with Crippen molar-refractivity contribution in [1.29, 1.82) is 0 Å². The molecule has 0 atom stereocenters. The van der Waals surface area contributed by atoms with Crippen LogP contribution in [0.3, 0.4) is 0 Å². The third kappa shape index (κ3) is 5.29. The van der Waals surface area contributed by atoms with Gasteiger partial charge in [-0.15, -0.1) is 0 Å². The van der Waals surface area contributed by atoms with Crippen LogP contribution in [-0.2, 0) is 5.41 Å². The molecule has 3 heteroatoms. The van der Waals surface area contributed by atoms with E-state index >= 15 is 0 Å². The number of fused-ring (bicyclic) bond motifs is 9. The summed E-state index contributed by atoms with van der Waals surface area (Å²) in [6.07, 6.45) is 0. The summed E-state index contributed by atoms with van der Waals surface area (Å²) in [6, 6.07) is 71.9. The number of furan rings is 2. The molecular weight excluding hydrogens is 731 g/mol. The maximum atomic E-state index is 6.68. The van der Waals surface area contributed by atoms with E-state index in [0.717, 1.165) is 83.2 Å². The second-order valence-electron chi connectivity index (χ2n) is 16.5. The Morgan fingerprint density at radius 2 is 0.867 bits per heavy atom. The molecule has 0 amide bonds. The van der Waals surface area contributed by atoms with Crippen molar-refractivity contribution in [2.24, 2.45) is 0 Å². The van der Waals surface area contributed by atoms with E-state index in [0.29, 0.717) is 0 Å². The van der Waals surface area contributed by atoms with Gasteiger partial charge >= 0.3 is 0 Å². The standard InChI is InChI=1S/C57H39NO2/c1-57(2)51-20-9-6-15-44(51)45-32-31-42(35-52(45)57)58(40-27-23-37(24-28-40)36-13-4-3-5-14-36)41-29-25-38(26-30-41)49-33-39(34-50-47-17-8-11-22-54(47)60-56(49)50)43-18-12-19-48-46-16-7-10-21-53(46)59-55(43)48/h3-35H,1-2H3. The number of rotatable bonds is 6. The Kier molecular flexibility index (Phi) is 7.58. The molecule has 2 heterocycles. The van der Waals surface area contributed by atoms with Gasteiger partial charge in [-0.1, -0.05) is 153 Å². The monoisotopic (exact) mass is 769 g/mol. The summed E-state index contributed by atoms with van der Waals surface area (Å²) in [7, 11) is 0. The van der Waals surface area contributed by atoms with Gasteiger partial charge in [-0.3, -0.25) is 0 Å². The second-order valence-corrected chi connectivity index (χ2v) is 16.5. The molecule has 1 aliphatic carbocycles. The van der Waals surface area contributed by atoms with Crippen LogP contribution in [-0.4, -0.2) is 0 Å². The van der Waals surface area contributed by atoms with E-state index in [9.17, 15) is 0 Å². The molecule has 0 N–H and O–H groups in total. The average Bonchev–Trinajstić information content (AvgIpc) is 3.95. The van der Waals surface area contributed by atoms with Gasteiger partial charge in [0.1, 0.15) is 22.3 Å². The van der Waals surface area contributed by atoms with E-state index in [2.05, 4.69) is 201 Å². The lowest BCUT2D eigenvalue weighted by molar-refractivity contribution is 0.660. The summed E-state index contributed by atoms with van der Waals surface area (Å²) >= 11 is 0. The Morgan fingerprint density at radius 1 is 0.333 bits per heavy atom. The third-order valence-corrected chi connectivity index (χ3v) is 12.7. The fourth-order valence-electron chi connectivity index (χ4n) is 9.67. The zero-order chi connectivity index (χ0) is 40.0. The quantitative estimate of drug-likeness (QED) is 0.169. The molecule has 0 saturated heterocycles. The molecule has 284 valence electrons. The summed E-state index contributed by atoms with van der Waals surface area (Å²) in [5.41, 5.74) is 18.7. The van der Waals surface area contributed by atoms with Crippen LogP contribution in [0.15, 0.2) is 209 Å². The number of anilines is 3. The Morgan fingerprint density at radius 3 is 1.60 bits per heavy atom. The van der Waals surface area contributed by atoms with Gasteiger partial charge in [0, 0.05) is 55.1 Å². The van der Waals surface area contributed by atoms with E-state index in [4.69, 9.17) is 8.83 Å². The first-order valence-electron chi connectivity index (χ1n) is 20.7. The fraction of sp³-hybridized carbons (Fsp3) is 0.0526. The van der Waals surface area contributed by atoms with Gasteiger partial charge in [-0.25, -0.2) is 0 Å². The zero-order valence-corrected chi connectivity index (χ0v) is 33.3. The molecule has 0 unspecified atom stereocenters. The number of benzene rings is 9.